The molecule has 0 aliphatic carbocycles. The van der Waals surface area contributed by atoms with Crippen molar-refractivity contribution < 1.29 is 0 Å². The van der Waals surface area contributed by atoms with Gasteiger partial charge in [-0.25, -0.2) is 0 Å². The quantitative estimate of drug-likeness (QED) is 0.662. The van der Waals surface area contributed by atoms with Crippen LogP contribution >= 0.6 is 0 Å². The second-order valence-electron chi connectivity index (χ2n) is 6.17. The number of benzene rings is 1. The Morgan fingerprint density at radius 1 is 0.850 bits per heavy atom. The summed E-state index contributed by atoms with van der Waals surface area (Å²) in [5.74, 6) is 0.755. The molecule has 1 aromatic rings. The Labute approximate surface area is 126 Å². The van der Waals surface area contributed by atoms with Crippen LogP contribution in [0.25, 0.3) is 0 Å². The molecule has 1 atom stereocenters. The first kappa shape index (κ1) is 17.2. The molecule has 0 bridgehead atoms. The average Bonchev–Trinajstić information content (AvgIpc) is 2.40. The molecule has 0 spiro atoms. The van der Waals surface area contributed by atoms with Gasteiger partial charge < -0.3 is 5.32 Å². The van der Waals surface area contributed by atoms with Crippen LogP contribution in [0.4, 0.5) is 0 Å². The van der Waals surface area contributed by atoms with Crippen LogP contribution in [-0.4, -0.2) is 6.54 Å². The molecule has 0 radical (unpaired) electrons. The van der Waals surface area contributed by atoms with E-state index in [2.05, 4.69) is 59.0 Å². The summed E-state index contributed by atoms with van der Waals surface area (Å²) in [6.45, 7) is 14.6. The molecule has 0 heterocycles. The Balaban J connectivity index is 3.13. The first-order chi connectivity index (χ1) is 9.54. The van der Waals surface area contributed by atoms with Crippen LogP contribution in [0.1, 0.15) is 74.8 Å². The zero-order valence-corrected chi connectivity index (χ0v) is 14.3. The third-order valence-electron chi connectivity index (χ3n) is 4.43. The van der Waals surface area contributed by atoms with Crippen LogP contribution in [0.3, 0.4) is 0 Å². The van der Waals surface area contributed by atoms with Gasteiger partial charge in [0.25, 0.3) is 0 Å². The van der Waals surface area contributed by atoms with Crippen molar-refractivity contribution in [2.24, 2.45) is 5.92 Å². The van der Waals surface area contributed by atoms with Crippen LogP contribution in [0.15, 0.2) is 12.1 Å². The third-order valence-corrected chi connectivity index (χ3v) is 4.43. The van der Waals surface area contributed by atoms with E-state index in [4.69, 9.17) is 0 Å². The minimum atomic E-state index is 0.513. The smallest absolute Gasteiger partial charge is 0.0351 e. The maximum atomic E-state index is 3.76. The molecule has 0 aliphatic rings. The van der Waals surface area contributed by atoms with Gasteiger partial charge in [0, 0.05) is 6.04 Å². The third kappa shape index (κ3) is 4.34. The van der Waals surface area contributed by atoms with Gasteiger partial charge in [-0.05, 0) is 68.3 Å². The van der Waals surface area contributed by atoms with E-state index in [-0.39, 0.29) is 0 Å². The Morgan fingerprint density at radius 2 is 1.40 bits per heavy atom. The van der Waals surface area contributed by atoms with Crippen molar-refractivity contribution in [2.75, 3.05) is 6.54 Å². The molecule has 0 saturated heterocycles. The number of aryl methyl sites for hydroxylation is 3. The zero-order chi connectivity index (χ0) is 15.1. The van der Waals surface area contributed by atoms with Crippen molar-refractivity contribution in [1.29, 1.82) is 0 Å². The van der Waals surface area contributed by atoms with Gasteiger partial charge in [0.05, 0.1) is 0 Å². The predicted octanol–water partition coefficient (Wildman–Crippen LogP) is 5.48. The lowest BCUT2D eigenvalue weighted by atomic mass is 9.83. The molecule has 0 aliphatic heterocycles. The Morgan fingerprint density at radius 3 is 1.90 bits per heavy atom. The molecule has 1 unspecified atom stereocenters. The van der Waals surface area contributed by atoms with Crippen molar-refractivity contribution in [3.05, 3.63) is 34.4 Å². The van der Waals surface area contributed by atoms with E-state index >= 15 is 0 Å². The highest BCUT2D eigenvalue weighted by molar-refractivity contribution is 5.38. The highest BCUT2D eigenvalue weighted by Crippen LogP contribution is 2.32. The van der Waals surface area contributed by atoms with E-state index < -0.39 is 0 Å². The normalized spacial score (nSPS) is 12.9. The van der Waals surface area contributed by atoms with Crippen LogP contribution in [0, 0.1) is 26.7 Å². The van der Waals surface area contributed by atoms with E-state index in [1.54, 1.807) is 0 Å². The lowest BCUT2D eigenvalue weighted by Gasteiger charge is -2.30. The highest BCUT2D eigenvalue weighted by Gasteiger charge is 2.22. The van der Waals surface area contributed by atoms with Gasteiger partial charge in [-0.3, -0.25) is 0 Å². The average molecular weight is 275 g/mol. The number of hydrogen-bond acceptors (Lipinski definition) is 1. The van der Waals surface area contributed by atoms with E-state index in [1.165, 1.54) is 47.9 Å². The highest BCUT2D eigenvalue weighted by atomic mass is 14.9. The van der Waals surface area contributed by atoms with E-state index in [1.807, 2.05) is 0 Å². The van der Waals surface area contributed by atoms with E-state index in [9.17, 15) is 0 Å². The van der Waals surface area contributed by atoms with Crippen LogP contribution in [0.2, 0.25) is 0 Å². The molecule has 114 valence electrons. The summed E-state index contributed by atoms with van der Waals surface area (Å²) in [6.07, 6.45) is 5.18. The molecule has 1 heteroatoms. The molecule has 0 aromatic heterocycles. The summed E-state index contributed by atoms with van der Waals surface area (Å²) in [4.78, 5) is 0. The second kappa shape index (κ2) is 8.46. The lowest BCUT2D eigenvalue weighted by molar-refractivity contribution is 0.319. The van der Waals surface area contributed by atoms with Gasteiger partial charge in [0.15, 0.2) is 0 Å². The van der Waals surface area contributed by atoms with Gasteiger partial charge in [0.1, 0.15) is 0 Å². The molecule has 0 fully saturated rings. The van der Waals surface area contributed by atoms with Gasteiger partial charge in [-0.15, -0.1) is 0 Å². The summed E-state index contributed by atoms with van der Waals surface area (Å²) < 4.78 is 0. The van der Waals surface area contributed by atoms with Gasteiger partial charge >= 0.3 is 0 Å². The van der Waals surface area contributed by atoms with Crippen molar-refractivity contribution in [3.8, 4) is 0 Å². The van der Waals surface area contributed by atoms with Crippen molar-refractivity contribution >= 4 is 0 Å². The number of hydrogen-bond donors (Lipinski definition) is 1. The minimum absolute atomic E-state index is 0.513. The molecule has 20 heavy (non-hydrogen) atoms. The van der Waals surface area contributed by atoms with E-state index in [0.29, 0.717) is 6.04 Å². The molecule has 1 rings (SSSR count). The zero-order valence-electron chi connectivity index (χ0n) is 14.3. The van der Waals surface area contributed by atoms with Gasteiger partial charge in [-0.1, -0.05) is 45.7 Å². The first-order valence-electron chi connectivity index (χ1n) is 8.36. The number of nitrogens with one attached hydrogen (secondary N) is 1. The van der Waals surface area contributed by atoms with Crippen molar-refractivity contribution in [3.63, 3.8) is 0 Å². The van der Waals surface area contributed by atoms with E-state index in [0.717, 1.165) is 12.5 Å². The monoisotopic (exact) mass is 275 g/mol. The summed E-state index contributed by atoms with van der Waals surface area (Å²) >= 11 is 0. The topological polar surface area (TPSA) is 12.0 Å². The maximum Gasteiger partial charge on any atom is 0.0351 e. The maximum absolute atomic E-state index is 3.76. The summed E-state index contributed by atoms with van der Waals surface area (Å²) in [5, 5.41) is 3.76. The molecule has 1 N–H and O–H groups in total. The Kier molecular flexibility index (Phi) is 7.29. The van der Waals surface area contributed by atoms with Gasteiger partial charge in [0.2, 0.25) is 0 Å². The molecule has 0 saturated carbocycles. The molecular formula is C19H33N. The van der Waals surface area contributed by atoms with Crippen molar-refractivity contribution in [2.45, 2.75) is 73.3 Å². The van der Waals surface area contributed by atoms with Crippen LogP contribution in [0.5, 0.6) is 0 Å². The minimum Gasteiger partial charge on any atom is -0.310 e. The fraction of sp³-hybridized carbons (Fsp3) is 0.684. The molecule has 1 aromatic carbocycles. The fourth-order valence-electron chi connectivity index (χ4n) is 3.29. The second-order valence-corrected chi connectivity index (χ2v) is 6.17. The summed E-state index contributed by atoms with van der Waals surface area (Å²) in [5.41, 5.74) is 5.78. The first-order valence-corrected chi connectivity index (χ1v) is 8.36. The Bertz CT molecular complexity index is 402. The van der Waals surface area contributed by atoms with Gasteiger partial charge in [-0.2, -0.15) is 0 Å². The largest absolute Gasteiger partial charge is 0.310 e. The predicted molar refractivity (Wildman–Crippen MR) is 90.4 cm³/mol. The van der Waals surface area contributed by atoms with Crippen molar-refractivity contribution in [1.82, 2.24) is 5.32 Å². The van der Waals surface area contributed by atoms with Crippen LogP contribution < -0.4 is 5.32 Å². The molecule has 0 amide bonds. The standard InChI is InChI=1S/C19H33N/c1-7-10-17(11-8-2)19(20-9-3)18-13-15(5)14(4)12-16(18)6/h12-13,17,19-20H,7-11H2,1-6H3. The molecule has 1 nitrogen and oxygen atoms in total. The molecular weight excluding hydrogens is 242 g/mol. The Hall–Kier alpha value is -0.820. The number of rotatable bonds is 8. The summed E-state index contributed by atoms with van der Waals surface area (Å²) in [7, 11) is 0. The lowest BCUT2D eigenvalue weighted by Crippen LogP contribution is -2.29. The van der Waals surface area contributed by atoms with Crippen LogP contribution in [-0.2, 0) is 0 Å². The SMILES string of the molecule is CCCC(CCC)C(NCC)c1cc(C)c(C)cc1C. The summed E-state index contributed by atoms with van der Waals surface area (Å²) in [6, 6.07) is 5.28. The fourth-order valence-corrected chi connectivity index (χ4v) is 3.29.